The zero-order valence-corrected chi connectivity index (χ0v) is 16.3. The molecule has 2 atom stereocenters. The summed E-state index contributed by atoms with van der Waals surface area (Å²) in [6, 6.07) is 13.8. The van der Waals surface area contributed by atoms with E-state index in [-0.39, 0.29) is 6.10 Å². The molecule has 0 bridgehead atoms. The molecule has 3 nitrogen and oxygen atoms in total. The van der Waals surface area contributed by atoms with E-state index in [0.717, 1.165) is 38.5 Å². The third-order valence-electron chi connectivity index (χ3n) is 4.53. The molecule has 0 fully saturated rings. The van der Waals surface area contributed by atoms with Crippen LogP contribution in [-0.4, -0.2) is 15.7 Å². The number of halogens is 2. The van der Waals surface area contributed by atoms with Crippen LogP contribution in [0.2, 0.25) is 10.0 Å². The van der Waals surface area contributed by atoms with Crippen molar-refractivity contribution in [2.24, 2.45) is 5.92 Å². The van der Waals surface area contributed by atoms with E-state index in [0.29, 0.717) is 12.5 Å². The van der Waals surface area contributed by atoms with E-state index in [2.05, 4.69) is 16.0 Å². The second kappa shape index (κ2) is 8.05. The van der Waals surface area contributed by atoms with Crippen LogP contribution >= 0.6 is 35.0 Å². The lowest BCUT2D eigenvalue weighted by Gasteiger charge is -2.33. The number of nitrogens with zero attached hydrogens (tertiary/aromatic N) is 1. The number of ether oxygens (including phenoxy) is 1. The minimum absolute atomic E-state index is 0.0225. The van der Waals surface area contributed by atoms with Crippen molar-refractivity contribution >= 4 is 35.0 Å². The molecule has 1 aliphatic rings. The summed E-state index contributed by atoms with van der Waals surface area (Å²) < 4.78 is 6.40. The fraction of sp³-hybridized carbons (Fsp3) is 0.250. The predicted octanol–water partition coefficient (Wildman–Crippen LogP) is 5.94. The Morgan fingerprint density at radius 1 is 1.15 bits per heavy atom. The van der Waals surface area contributed by atoms with Gasteiger partial charge in [0.25, 0.3) is 0 Å². The van der Waals surface area contributed by atoms with Gasteiger partial charge in [0, 0.05) is 40.4 Å². The highest BCUT2D eigenvalue weighted by Crippen LogP contribution is 2.46. The molecule has 26 heavy (non-hydrogen) atoms. The Bertz CT molecular complexity index is 868. The molecule has 0 spiro atoms. The number of aromatic nitrogens is 2. The van der Waals surface area contributed by atoms with Crippen LogP contribution in [0.1, 0.15) is 23.1 Å². The molecule has 0 radical (unpaired) electrons. The number of fused-ring (bicyclic) bond motifs is 1. The first-order valence-corrected chi connectivity index (χ1v) is 10.2. The molecule has 3 aromatic rings. The van der Waals surface area contributed by atoms with Gasteiger partial charge in [-0.15, -0.1) is 11.8 Å². The van der Waals surface area contributed by atoms with Crippen LogP contribution in [0.15, 0.2) is 59.8 Å². The molecule has 1 aromatic heterocycles. The smallest absolute Gasteiger partial charge is 0.106 e. The lowest BCUT2D eigenvalue weighted by Crippen LogP contribution is -2.25. The molecule has 0 saturated carbocycles. The molecule has 134 valence electrons. The average Bonchev–Trinajstić information content (AvgIpc) is 3.15. The van der Waals surface area contributed by atoms with E-state index in [4.69, 9.17) is 27.9 Å². The van der Waals surface area contributed by atoms with Gasteiger partial charge in [-0.05, 0) is 29.3 Å². The Morgan fingerprint density at radius 3 is 2.77 bits per heavy atom. The third kappa shape index (κ3) is 3.94. The van der Waals surface area contributed by atoms with Crippen molar-refractivity contribution in [3.8, 4) is 0 Å². The summed E-state index contributed by atoms with van der Waals surface area (Å²) in [5.41, 5.74) is 2.27. The summed E-state index contributed by atoms with van der Waals surface area (Å²) >= 11 is 14.2. The zero-order chi connectivity index (χ0) is 17.9. The van der Waals surface area contributed by atoms with Gasteiger partial charge in [0.05, 0.1) is 17.7 Å². The third-order valence-corrected chi connectivity index (χ3v) is 6.55. The van der Waals surface area contributed by atoms with E-state index < -0.39 is 0 Å². The highest BCUT2D eigenvalue weighted by atomic mass is 35.5. The van der Waals surface area contributed by atoms with Gasteiger partial charge in [-0.25, -0.2) is 4.98 Å². The molecule has 0 aliphatic carbocycles. The Morgan fingerprint density at radius 2 is 2.00 bits per heavy atom. The molecule has 2 heterocycles. The Balaban J connectivity index is 1.59. The number of aromatic amines is 1. The Labute approximate surface area is 167 Å². The van der Waals surface area contributed by atoms with Gasteiger partial charge in [-0.2, -0.15) is 0 Å². The van der Waals surface area contributed by atoms with Crippen molar-refractivity contribution in [1.29, 1.82) is 0 Å². The minimum Gasteiger partial charge on any atom is -0.368 e. The number of benzene rings is 2. The maximum Gasteiger partial charge on any atom is 0.106 e. The number of hydrogen-bond donors (Lipinski definition) is 1. The van der Waals surface area contributed by atoms with Gasteiger partial charge in [0.15, 0.2) is 0 Å². The maximum absolute atomic E-state index is 6.42. The Kier molecular flexibility index (Phi) is 5.55. The van der Waals surface area contributed by atoms with Crippen LogP contribution < -0.4 is 0 Å². The monoisotopic (exact) mass is 404 g/mol. The van der Waals surface area contributed by atoms with Crippen LogP contribution in [0.3, 0.4) is 0 Å². The van der Waals surface area contributed by atoms with Crippen LogP contribution in [0, 0.1) is 5.92 Å². The molecule has 0 unspecified atom stereocenters. The molecular formula is C20H18Cl2N2OS. The van der Waals surface area contributed by atoms with Crippen molar-refractivity contribution in [3.05, 3.63) is 81.9 Å². The van der Waals surface area contributed by atoms with Gasteiger partial charge >= 0.3 is 0 Å². The predicted molar refractivity (Wildman–Crippen MR) is 107 cm³/mol. The first-order chi connectivity index (χ1) is 12.7. The molecule has 4 rings (SSSR count). The standard InChI is InChI=1S/C20H18Cl2N2OS/c21-15-6-4-13(5-7-15)11-25-19-14(10-18-23-8-9-24-18)12-26-20-16(19)2-1-3-17(20)22/h1-9,14,19H,10-12H2,(H,23,24)/t14-,19-/m0/s1. The van der Waals surface area contributed by atoms with E-state index in [1.807, 2.05) is 42.6 Å². The fourth-order valence-corrected chi connectivity index (χ4v) is 4.95. The zero-order valence-electron chi connectivity index (χ0n) is 14.0. The van der Waals surface area contributed by atoms with Crippen LogP contribution in [0.25, 0.3) is 0 Å². The van der Waals surface area contributed by atoms with Crippen LogP contribution in [-0.2, 0) is 17.8 Å². The number of hydrogen-bond acceptors (Lipinski definition) is 3. The average molecular weight is 405 g/mol. The molecule has 1 aliphatic heterocycles. The highest BCUT2D eigenvalue weighted by molar-refractivity contribution is 7.99. The molecule has 1 N–H and O–H groups in total. The van der Waals surface area contributed by atoms with Crippen LogP contribution in [0.5, 0.6) is 0 Å². The van der Waals surface area contributed by atoms with Crippen molar-refractivity contribution in [2.75, 3.05) is 5.75 Å². The molecular weight excluding hydrogens is 387 g/mol. The summed E-state index contributed by atoms with van der Waals surface area (Å²) in [5.74, 6) is 2.26. The van der Waals surface area contributed by atoms with Crippen molar-refractivity contribution in [2.45, 2.75) is 24.0 Å². The SMILES string of the molecule is Clc1ccc(CO[C@@H]2c3cccc(Cl)c3SC[C@@H]2Cc2ncc[nH]2)cc1. The summed E-state index contributed by atoms with van der Waals surface area (Å²) in [5, 5.41) is 1.53. The van der Waals surface area contributed by atoms with Gasteiger partial charge in [-0.1, -0.05) is 47.5 Å². The largest absolute Gasteiger partial charge is 0.368 e. The number of nitrogens with one attached hydrogen (secondary N) is 1. The van der Waals surface area contributed by atoms with Gasteiger partial charge < -0.3 is 9.72 Å². The summed E-state index contributed by atoms with van der Waals surface area (Å²) in [6.45, 7) is 0.535. The number of rotatable bonds is 5. The maximum atomic E-state index is 6.42. The number of thioether (sulfide) groups is 1. The van der Waals surface area contributed by atoms with E-state index >= 15 is 0 Å². The molecule has 6 heteroatoms. The van der Waals surface area contributed by atoms with Crippen molar-refractivity contribution in [3.63, 3.8) is 0 Å². The summed E-state index contributed by atoms with van der Waals surface area (Å²) in [4.78, 5) is 8.72. The summed E-state index contributed by atoms with van der Waals surface area (Å²) in [6.07, 6.45) is 4.47. The molecule has 0 saturated heterocycles. The first kappa shape index (κ1) is 17.9. The van der Waals surface area contributed by atoms with Crippen molar-refractivity contribution < 1.29 is 4.74 Å². The van der Waals surface area contributed by atoms with Crippen LogP contribution in [0.4, 0.5) is 0 Å². The number of H-pyrrole nitrogens is 1. The first-order valence-electron chi connectivity index (χ1n) is 8.46. The minimum atomic E-state index is -0.0225. The highest BCUT2D eigenvalue weighted by Gasteiger charge is 2.32. The van der Waals surface area contributed by atoms with E-state index in [1.165, 1.54) is 5.56 Å². The normalized spacial score (nSPS) is 19.3. The molecule has 0 amide bonds. The number of imidazole rings is 1. The lowest BCUT2D eigenvalue weighted by molar-refractivity contribution is 0.00175. The second-order valence-corrected chi connectivity index (χ2v) is 8.20. The summed E-state index contributed by atoms with van der Waals surface area (Å²) in [7, 11) is 0. The van der Waals surface area contributed by atoms with E-state index in [1.54, 1.807) is 18.0 Å². The topological polar surface area (TPSA) is 37.9 Å². The van der Waals surface area contributed by atoms with Gasteiger partial charge in [-0.3, -0.25) is 0 Å². The second-order valence-electron chi connectivity index (χ2n) is 6.33. The quantitative estimate of drug-likeness (QED) is 0.571. The van der Waals surface area contributed by atoms with E-state index in [9.17, 15) is 0 Å². The molecule has 2 aromatic carbocycles. The van der Waals surface area contributed by atoms with Gasteiger partial charge in [0.2, 0.25) is 0 Å². The van der Waals surface area contributed by atoms with Gasteiger partial charge in [0.1, 0.15) is 5.82 Å². The van der Waals surface area contributed by atoms with Crippen molar-refractivity contribution in [1.82, 2.24) is 9.97 Å². The Hall–Kier alpha value is -1.46. The lowest BCUT2D eigenvalue weighted by atomic mass is 9.93. The fourth-order valence-electron chi connectivity index (χ4n) is 3.25.